The molecule has 0 aromatic heterocycles. The summed E-state index contributed by atoms with van der Waals surface area (Å²) < 4.78 is 17.6. The molecular weight excluding hydrogens is 404 g/mol. The Morgan fingerprint density at radius 2 is 1.48 bits per heavy atom. The van der Waals surface area contributed by atoms with Gasteiger partial charge < -0.3 is 0 Å². The summed E-state index contributed by atoms with van der Waals surface area (Å²) in [6.45, 7) is 0. The highest BCUT2D eigenvalue weighted by molar-refractivity contribution is 6.30. The van der Waals surface area contributed by atoms with Crippen LogP contribution in [0.25, 0.3) is 6.08 Å². The van der Waals surface area contributed by atoms with Crippen molar-refractivity contribution in [3.05, 3.63) is 112 Å². The van der Waals surface area contributed by atoms with Crippen LogP contribution in [-0.2, 0) is 4.79 Å². The highest BCUT2D eigenvalue weighted by atomic mass is 35.5. The first-order chi connectivity index (χ1) is 15.8. The molecule has 3 aromatic rings. The minimum absolute atomic E-state index is 0.0869. The number of rotatable bonds is 3. The van der Waals surface area contributed by atoms with E-state index in [2.05, 4.69) is 12.1 Å². The van der Waals surface area contributed by atoms with Gasteiger partial charge in [-0.3, -0.25) is 4.79 Å². The number of nitriles is 2. The van der Waals surface area contributed by atoms with Crippen molar-refractivity contribution in [1.29, 1.82) is 10.5 Å². The Hall–Kier alpha value is -3.66. The van der Waals surface area contributed by atoms with Gasteiger partial charge in [0.2, 0.25) is 0 Å². The third kappa shape index (κ3) is 3.77. The maximum absolute atomic E-state index is 13.7. The Bertz CT molecular complexity index is 1280. The van der Waals surface area contributed by atoms with Crippen molar-refractivity contribution in [2.45, 2.75) is 18.2 Å². The lowest BCUT2D eigenvalue weighted by molar-refractivity contribution is -0.118. The monoisotopic (exact) mass is 424 g/mol. The van der Waals surface area contributed by atoms with E-state index in [1.807, 2.05) is 6.07 Å². The molecule has 0 spiro atoms. The molecule has 0 N–H and O–H groups in total. The van der Waals surface area contributed by atoms with E-state index >= 15 is 0 Å². The van der Waals surface area contributed by atoms with E-state index in [0.29, 0.717) is 21.7 Å². The molecule has 150 valence electrons. The standard InChI is InChI=1S/C27H19ClN2O/c28-22-13-11-21(12-14-22)26-23(15-19-7-3-1-4-8-19)25(31)16-24(27(26,17-29)18-30)20-9-5-2-6-10-20/h1-15,24,26H,16H2/b23-15-/t24-,26+/m0/s1/i16D2. The van der Waals surface area contributed by atoms with Crippen LogP contribution in [0, 0.1) is 28.1 Å². The number of hydrogen-bond donors (Lipinski definition) is 0. The zero-order valence-corrected chi connectivity index (χ0v) is 17.3. The van der Waals surface area contributed by atoms with Crippen LogP contribution in [0.3, 0.4) is 0 Å². The topological polar surface area (TPSA) is 64.7 Å². The van der Waals surface area contributed by atoms with Gasteiger partial charge in [-0.1, -0.05) is 84.4 Å². The minimum atomic E-state index is -2.48. The van der Waals surface area contributed by atoms with Crippen LogP contribution in [0.1, 0.15) is 37.6 Å². The van der Waals surface area contributed by atoms with Gasteiger partial charge in [0.1, 0.15) is 0 Å². The normalized spacial score (nSPS) is 23.8. The van der Waals surface area contributed by atoms with Crippen molar-refractivity contribution >= 4 is 23.5 Å². The van der Waals surface area contributed by atoms with E-state index in [-0.39, 0.29) is 5.57 Å². The lowest BCUT2D eigenvalue weighted by Gasteiger charge is -2.41. The number of hydrogen-bond acceptors (Lipinski definition) is 3. The molecule has 1 aliphatic rings. The highest BCUT2D eigenvalue weighted by Crippen LogP contribution is 2.55. The summed E-state index contributed by atoms with van der Waals surface area (Å²) in [5, 5.41) is 21.4. The lowest BCUT2D eigenvalue weighted by atomic mass is 9.55. The number of Topliss-reactive ketones (excluding diaryl/α,β-unsaturated/α-hetero) is 1. The quantitative estimate of drug-likeness (QED) is 0.463. The number of allylic oxidation sites excluding steroid dienone is 1. The number of halogens is 1. The molecule has 1 aliphatic carbocycles. The van der Waals surface area contributed by atoms with E-state index in [4.69, 9.17) is 14.3 Å². The summed E-state index contributed by atoms with van der Waals surface area (Å²) in [6.07, 6.45) is -0.888. The SMILES string of the molecule is [2H]C1([2H])C(=O)/C(=C/c2ccccc2)[C@@H](c2ccc(Cl)cc2)C(C#N)(C#N)[C@@H]1c1ccccc1. The first-order valence-electron chi connectivity index (χ1n) is 10.8. The first-order valence-corrected chi connectivity index (χ1v) is 10.2. The molecule has 0 saturated heterocycles. The maximum Gasteiger partial charge on any atom is 0.161 e. The zero-order valence-electron chi connectivity index (χ0n) is 18.5. The van der Waals surface area contributed by atoms with Crippen LogP contribution in [0.5, 0.6) is 0 Å². The first kappa shape index (κ1) is 18.1. The molecule has 0 amide bonds. The molecule has 0 bridgehead atoms. The van der Waals surface area contributed by atoms with Crippen molar-refractivity contribution in [3.8, 4) is 12.1 Å². The Morgan fingerprint density at radius 3 is 2.06 bits per heavy atom. The van der Waals surface area contributed by atoms with Crippen molar-refractivity contribution in [3.63, 3.8) is 0 Å². The largest absolute Gasteiger partial charge is 0.295 e. The molecule has 0 radical (unpaired) electrons. The van der Waals surface area contributed by atoms with Crippen molar-refractivity contribution in [2.75, 3.05) is 0 Å². The van der Waals surface area contributed by atoms with Gasteiger partial charge in [-0.2, -0.15) is 10.5 Å². The number of ketones is 1. The zero-order chi connectivity index (χ0) is 23.6. The van der Waals surface area contributed by atoms with Gasteiger partial charge in [0.25, 0.3) is 0 Å². The second-order valence-corrected chi connectivity index (χ2v) is 7.84. The van der Waals surface area contributed by atoms with E-state index in [1.165, 1.54) is 0 Å². The second kappa shape index (κ2) is 8.60. The molecule has 4 rings (SSSR count). The van der Waals surface area contributed by atoms with Crippen molar-refractivity contribution in [2.24, 2.45) is 5.41 Å². The van der Waals surface area contributed by atoms with E-state index < -0.39 is 29.4 Å². The third-order valence-electron chi connectivity index (χ3n) is 5.59. The average Bonchev–Trinajstić information content (AvgIpc) is 2.84. The molecule has 0 unspecified atom stereocenters. The van der Waals surface area contributed by atoms with Crippen molar-refractivity contribution < 1.29 is 7.54 Å². The number of carbonyl (C=O) groups is 1. The molecule has 2 atom stereocenters. The second-order valence-electron chi connectivity index (χ2n) is 7.40. The molecule has 3 nitrogen and oxygen atoms in total. The Balaban J connectivity index is 2.06. The highest BCUT2D eigenvalue weighted by Gasteiger charge is 2.55. The fraction of sp³-hybridized carbons (Fsp3) is 0.148. The molecule has 3 aromatic carbocycles. The minimum Gasteiger partial charge on any atom is -0.295 e. The van der Waals surface area contributed by atoms with Crippen LogP contribution >= 0.6 is 11.6 Å². The van der Waals surface area contributed by atoms with Gasteiger partial charge >= 0.3 is 0 Å². The fourth-order valence-corrected chi connectivity index (χ4v) is 4.25. The Morgan fingerprint density at radius 1 is 0.903 bits per heavy atom. The number of benzene rings is 3. The van der Waals surface area contributed by atoms with Crippen LogP contribution < -0.4 is 0 Å². The van der Waals surface area contributed by atoms with Gasteiger partial charge in [0.15, 0.2) is 11.2 Å². The molecule has 31 heavy (non-hydrogen) atoms. The summed E-state index contributed by atoms with van der Waals surface area (Å²) in [5.41, 5.74) is -0.138. The maximum atomic E-state index is 13.7. The van der Waals surface area contributed by atoms with Crippen LogP contribution in [0.4, 0.5) is 0 Å². The lowest BCUT2D eigenvalue weighted by Crippen LogP contribution is -2.41. The van der Waals surface area contributed by atoms with E-state index in [0.717, 1.165) is 0 Å². The molecule has 0 aliphatic heterocycles. The predicted octanol–water partition coefficient (Wildman–Crippen LogP) is 6.30. The number of nitrogens with zero attached hydrogens (tertiary/aromatic N) is 2. The van der Waals surface area contributed by atoms with Gasteiger partial charge in [-0.15, -0.1) is 0 Å². The van der Waals surface area contributed by atoms with Gasteiger partial charge in [-0.05, 0) is 34.9 Å². The molecule has 1 saturated carbocycles. The Kier molecular flexibility index (Phi) is 5.03. The Labute approximate surface area is 189 Å². The van der Waals surface area contributed by atoms with Gasteiger partial charge in [0, 0.05) is 31.5 Å². The van der Waals surface area contributed by atoms with Crippen LogP contribution in [-0.4, -0.2) is 5.78 Å². The average molecular weight is 425 g/mol. The summed E-state index contributed by atoms with van der Waals surface area (Å²) in [7, 11) is 0. The fourth-order valence-electron chi connectivity index (χ4n) is 4.12. The van der Waals surface area contributed by atoms with E-state index in [9.17, 15) is 15.3 Å². The molecule has 1 fully saturated rings. The summed E-state index contributed by atoms with van der Waals surface area (Å²) in [5.74, 6) is -3.00. The number of carbonyl (C=O) groups excluding carboxylic acids is 1. The van der Waals surface area contributed by atoms with Crippen molar-refractivity contribution in [1.82, 2.24) is 0 Å². The summed E-state index contributed by atoms with van der Waals surface area (Å²) >= 11 is 6.08. The predicted molar refractivity (Wildman–Crippen MR) is 121 cm³/mol. The summed E-state index contributed by atoms with van der Waals surface area (Å²) in [4.78, 5) is 13.7. The third-order valence-corrected chi connectivity index (χ3v) is 5.84. The molecule has 4 heteroatoms. The van der Waals surface area contributed by atoms with Gasteiger partial charge in [-0.25, -0.2) is 0 Å². The van der Waals surface area contributed by atoms with Crippen LogP contribution in [0.2, 0.25) is 5.02 Å². The van der Waals surface area contributed by atoms with Gasteiger partial charge in [0.05, 0.1) is 12.1 Å². The van der Waals surface area contributed by atoms with E-state index in [1.54, 1.807) is 84.9 Å². The summed E-state index contributed by atoms with van der Waals surface area (Å²) in [6, 6.07) is 28.5. The molecular formula is C27H19ClN2O. The molecule has 0 heterocycles. The van der Waals surface area contributed by atoms with Crippen LogP contribution in [0.15, 0.2) is 90.5 Å². The smallest absolute Gasteiger partial charge is 0.161 e.